The molecule has 0 saturated heterocycles. The fourth-order valence-corrected chi connectivity index (χ4v) is 0.166. The average Bonchev–Trinajstić information content (AvgIpc) is 1.65. The van der Waals surface area contributed by atoms with Gasteiger partial charge in [0.2, 0.25) is 0 Å². The zero-order valence-electron chi connectivity index (χ0n) is 4.15. The number of Topliss-reactive ketones (excluding diaryl/α,β-unsaturated/α-hetero) is 1. The van der Waals surface area contributed by atoms with Crippen LogP contribution in [0.3, 0.4) is 0 Å². The van der Waals surface area contributed by atoms with Gasteiger partial charge in [-0.05, 0) is 6.92 Å². The molecule has 0 saturated carbocycles. The Kier molecular flexibility index (Phi) is 2.92. The van der Waals surface area contributed by atoms with E-state index in [0.717, 1.165) is 0 Å². The Morgan fingerprint density at radius 1 is 2.00 bits per heavy atom. The molecule has 1 nitrogen and oxygen atoms in total. The standard InChI is InChI=1S/C5H7BrO/c1-3-5(6)4(2)7/h3,5H,1H2,2H3. The lowest BCUT2D eigenvalue weighted by Gasteiger charge is -1.91. The van der Waals surface area contributed by atoms with Crippen molar-refractivity contribution < 1.29 is 4.79 Å². The van der Waals surface area contributed by atoms with E-state index < -0.39 is 0 Å². The van der Waals surface area contributed by atoms with Crippen LogP contribution in [0.4, 0.5) is 0 Å². The molecule has 0 amide bonds. The van der Waals surface area contributed by atoms with E-state index in [4.69, 9.17) is 0 Å². The molecule has 0 aliphatic carbocycles. The lowest BCUT2D eigenvalue weighted by molar-refractivity contribution is -0.115. The molecule has 0 N–H and O–H groups in total. The van der Waals surface area contributed by atoms with Gasteiger partial charge in [0.1, 0.15) is 5.78 Å². The predicted molar refractivity (Wildman–Crippen MR) is 33.6 cm³/mol. The lowest BCUT2D eigenvalue weighted by atomic mass is 10.3. The Bertz CT molecular complexity index is 88.1. The minimum Gasteiger partial charge on any atom is -0.298 e. The highest BCUT2D eigenvalue weighted by molar-refractivity contribution is 9.10. The third-order valence-corrected chi connectivity index (χ3v) is 1.61. The normalized spacial score (nSPS) is 12.9. The molecule has 1 atom stereocenters. The summed E-state index contributed by atoms with van der Waals surface area (Å²) < 4.78 is 0. The van der Waals surface area contributed by atoms with Crippen LogP contribution in [0.5, 0.6) is 0 Å². The second kappa shape index (κ2) is 2.97. The smallest absolute Gasteiger partial charge is 0.147 e. The summed E-state index contributed by atoms with van der Waals surface area (Å²) in [6.45, 7) is 4.93. The van der Waals surface area contributed by atoms with Crippen LogP contribution in [-0.2, 0) is 4.79 Å². The van der Waals surface area contributed by atoms with Crippen molar-refractivity contribution >= 4 is 21.7 Å². The quantitative estimate of drug-likeness (QED) is 0.445. The first-order valence-electron chi connectivity index (χ1n) is 1.95. The summed E-state index contributed by atoms with van der Waals surface area (Å²) in [7, 11) is 0. The number of carbonyl (C=O) groups is 1. The number of carbonyl (C=O) groups excluding carboxylic acids is 1. The molecule has 0 fully saturated rings. The van der Waals surface area contributed by atoms with Gasteiger partial charge in [0.05, 0.1) is 4.83 Å². The molecule has 0 aromatic heterocycles. The van der Waals surface area contributed by atoms with Crippen LogP contribution in [0, 0.1) is 0 Å². The Balaban J connectivity index is 3.55. The van der Waals surface area contributed by atoms with Crippen LogP contribution < -0.4 is 0 Å². The number of allylic oxidation sites excluding steroid dienone is 1. The second-order valence-corrected chi connectivity index (χ2v) is 2.23. The van der Waals surface area contributed by atoms with E-state index in [2.05, 4.69) is 22.5 Å². The van der Waals surface area contributed by atoms with E-state index in [1.807, 2.05) is 0 Å². The van der Waals surface area contributed by atoms with Gasteiger partial charge in [-0.3, -0.25) is 4.79 Å². The Hall–Kier alpha value is -0.110. The third kappa shape index (κ3) is 2.57. The molecule has 0 heterocycles. The molecule has 0 spiro atoms. The van der Waals surface area contributed by atoms with Gasteiger partial charge in [0.25, 0.3) is 0 Å². The van der Waals surface area contributed by atoms with Gasteiger partial charge in [-0.1, -0.05) is 22.0 Å². The van der Waals surface area contributed by atoms with E-state index >= 15 is 0 Å². The van der Waals surface area contributed by atoms with Crippen LogP contribution >= 0.6 is 15.9 Å². The van der Waals surface area contributed by atoms with Crippen molar-refractivity contribution in [3.63, 3.8) is 0 Å². The highest BCUT2D eigenvalue weighted by Gasteiger charge is 2.00. The first-order chi connectivity index (χ1) is 3.18. The zero-order chi connectivity index (χ0) is 5.86. The van der Waals surface area contributed by atoms with E-state index in [0.29, 0.717) is 0 Å². The highest BCUT2D eigenvalue weighted by Crippen LogP contribution is 1.99. The molecule has 0 aliphatic rings. The van der Waals surface area contributed by atoms with Gasteiger partial charge in [0.15, 0.2) is 0 Å². The van der Waals surface area contributed by atoms with E-state index in [9.17, 15) is 4.79 Å². The molecule has 0 aromatic rings. The lowest BCUT2D eigenvalue weighted by Crippen LogP contribution is -2.03. The summed E-state index contributed by atoms with van der Waals surface area (Å²) in [5, 5.41) is 0. The number of halogens is 1. The maximum Gasteiger partial charge on any atom is 0.147 e. The minimum absolute atomic E-state index is 0.0926. The van der Waals surface area contributed by atoms with Gasteiger partial charge in [-0.15, -0.1) is 6.58 Å². The van der Waals surface area contributed by atoms with E-state index in [1.165, 1.54) is 6.92 Å². The number of hydrogen-bond donors (Lipinski definition) is 0. The van der Waals surface area contributed by atoms with Gasteiger partial charge in [-0.2, -0.15) is 0 Å². The Labute approximate surface area is 51.5 Å². The number of rotatable bonds is 2. The zero-order valence-corrected chi connectivity index (χ0v) is 5.73. The van der Waals surface area contributed by atoms with Crippen LogP contribution in [0.15, 0.2) is 12.7 Å². The van der Waals surface area contributed by atoms with Crippen LogP contribution in [0.2, 0.25) is 0 Å². The fraction of sp³-hybridized carbons (Fsp3) is 0.400. The summed E-state index contributed by atoms with van der Waals surface area (Å²) in [4.78, 5) is 10.1. The first-order valence-corrected chi connectivity index (χ1v) is 2.87. The molecule has 40 valence electrons. The molecule has 0 aromatic carbocycles. The molecular weight excluding hydrogens is 156 g/mol. The van der Waals surface area contributed by atoms with Crippen molar-refractivity contribution in [3.05, 3.63) is 12.7 Å². The molecule has 7 heavy (non-hydrogen) atoms. The molecule has 0 bridgehead atoms. The number of ketones is 1. The van der Waals surface area contributed by atoms with Crippen molar-refractivity contribution in [2.75, 3.05) is 0 Å². The molecule has 2 heteroatoms. The monoisotopic (exact) mass is 162 g/mol. The van der Waals surface area contributed by atoms with Gasteiger partial charge < -0.3 is 0 Å². The fourth-order valence-electron chi connectivity index (χ4n) is 0.166. The largest absolute Gasteiger partial charge is 0.298 e. The summed E-state index contributed by atoms with van der Waals surface area (Å²) in [5.74, 6) is 0.0926. The maximum atomic E-state index is 10.3. The molecule has 0 aliphatic heterocycles. The Morgan fingerprint density at radius 3 is 2.43 bits per heavy atom. The minimum atomic E-state index is -0.160. The van der Waals surface area contributed by atoms with Crippen LogP contribution in [-0.4, -0.2) is 10.6 Å². The van der Waals surface area contributed by atoms with Crippen molar-refractivity contribution in [2.45, 2.75) is 11.8 Å². The third-order valence-electron chi connectivity index (χ3n) is 0.595. The highest BCUT2D eigenvalue weighted by atomic mass is 79.9. The van der Waals surface area contributed by atoms with E-state index in [-0.39, 0.29) is 10.6 Å². The molecule has 0 radical (unpaired) electrons. The summed E-state index contributed by atoms with van der Waals surface area (Å²) in [6.07, 6.45) is 1.56. The van der Waals surface area contributed by atoms with Crippen molar-refractivity contribution in [1.29, 1.82) is 0 Å². The Morgan fingerprint density at radius 2 is 2.43 bits per heavy atom. The summed E-state index contributed by atoms with van der Waals surface area (Å²) >= 11 is 3.07. The molecule has 0 rings (SSSR count). The topological polar surface area (TPSA) is 17.1 Å². The molecular formula is C5H7BrO. The average molecular weight is 163 g/mol. The van der Waals surface area contributed by atoms with Gasteiger partial charge >= 0.3 is 0 Å². The van der Waals surface area contributed by atoms with Crippen LogP contribution in [0.1, 0.15) is 6.92 Å². The van der Waals surface area contributed by atoms with Gasteiger partial charge in [-0.25, -0.2) is 0 Å². The number of alkyl halides is 1. The summed E-state index contributed by atoms with van der Waals surface area (Å²) in [5.41, 5.74) is 0. The van der Waals surface area contributed by atoms with Crippen molar-refractivity contribution in [1.82, 2.24) is 0 Å². The van der Waals surface area contributed by atoms with E-state index in [1.54, 1.807) is 6.08 Å². The van der Waals surface area contributed by atoms with Crippen LogP contribution in [0.25, 0.3) is 0 Å². The van der Waals surface area contributed by atoms with Gasteiger partial charge in [0, 0.05) is 0 Å². The number of hydrogen-bond acceptors (Lipinski definition) is 1. The SMILES string of the molecule is C=CC(Br)C(C)=O. The predicted octanol–water partition coefficient (Wildman–Crippen LogP) is 1.52. The van der Waals surface area contributed by atoms with Crippen molar-refractivity contribution in [3.8, 4) is 0 Å². The summed E-state index contributed by atoms with van der Waals surface area (Å²) in [6, 6.07) is 0. The van der Waals surface area contributed by atoms with Crippen molar-refractivity contribution in [2.24, 2.45) is 0 Å². The first kappa shape index (κ1) is 6.89. The molecule has 1 unspecified atom stereocenters. The maximum absolute atomic E-state index is 10.3. The second-order valence-electron chi connectivity index (χ2n) is 1.25.